The van der Waals surface area contributed by atoms with E-state index in [1.54, 1.807) is 25.3 Å². The second kappa shape index (κ2) is 11.8. The molecule has 3 heterocycles. The number of benzene rings is 1. The van der Waals surface area contributed by atoms with Gasteiger partial charge in [0, 0.05) is 12.6 Å². The number of anilines is 2. The second-order valence-corrected chi connectivity index (χ2v) is 13.4. The molecular formula is C28H31F3N5O2PS. The number of hydrogen-bond acceptors (Lipinski definition) is 6. The van der Waals surface area contributed by atoms with E-state index in [0.717, 1.165) is 31.5 Å². The average molecular weight is 590 g/mol. The number of aromatic nitrogens is 2. The minimum Gasteiger partial charge on any atom is -0.495 e. The molecule has 1 saturated carbocycles. The van der Waals surface area contributed by atoms with E-state index in [2.05, 4.69) is 40.9 Å². The number of methoxy groups -OCH3 is 1. The third kappa shape index (κ3) is 6.45. The molecule has 1 aliphatic carbocycles. The highest BCUT2D eigenvalue weighted by Crippen LogP contribution is 2.41. The van der Waals surface area contributed by atoms with Crippen molar-refractivity contribution < 1.29 is 22.7 Å². The van der Waals surface area contributed by atoms with Crippen LogP contribution in [0.2, 0.25) is 0 Å². The average Bonchev–Trinajstić information content (AvgIpc) is 3.70. The van der Waals surface area contributed by atoms with E-state index in [9.17, 15) is 18.0 Å². The van der Waals surface area contributed by atoms with Gasteiger partial charge in [-0.1, -0.05) is 26.0 Å². The summed E-state index contributed by atoms with van der Waals surface area (Å²) < 4.78 is 47.6. The third-order valence-electron chi connectivity index (χ3n) is 6.89. The van der Waals surface area contributed by atoms with Crippen molar-refractivity contribution in [1.29, 1.82) is 0 Å². The van der Waals surface area contributed by atoms with Crippen molar-refractivity contribution in [2.24, 2.45) is 0 Å². The number of fused-ring (bicyclic) bond motifs is 1. The van der Waals surface area contributed by atoms with Gasteiger partial charge < -0.3 is 20.3 Å². The van der Waals surface area contributed by atoms with Crippen LogP contribution in [-0.2, 0) is 4.79 Å². The van der Waals surface area contributed by atoms with Gasteiger partial charge in [0.05, 0.1) is 29.8 Å². The van der Waals surface area contributed by atoms with Crippen LogP contribution in [0, 0.1) is 11.8 Å². The summed E-state index contributed by atoms with van der Waals surface area (Å²) in [6.45, 7) is 5.25. The molecule has 2 fully saturated rings. The first kappa shape index (κ1) is 28.4. The number of nitrogens with one attached hydrogen (secondary N) is 2. The molecule has 2 aliphatic rings. The molecule has 1 saturated heterocycles. The summed E-state index contributed by atoms with van der Waals surface area (Å²) in [4.78, 5) is 14.9. The van der Waals surface area contributed by atoms with Gasteiger partial charge in [0.2, 0.25) is 5.91 Å². The molecule has 40 heavy (non-hydrogen) atoms. The molecule has 0 radical (unpaired) electrons. The highest BCUT2D eigenvalue weighted by molar-refractivity contribution is 8.00. The lowest BCUT2D eigenvalue weighted by molar-refractivity contribution is -0.134. The summed E-state index contributed by atoms with van der Waals surface area (Å²) >= 11 is -0.231. The van der Waals surface area contributed by atoms with Crippen LogP contribution < -0.4 is 20.7 Å². The Kier molecular flexibility index (Phi) is 8.39. The second-order valence-electron chi connectivity index (χ2n) is 9.97. The number of nitrogens with zero attached hydrogens (tertiary/aromatic N) is 3. The fraction of sp³-hybridized carbons (Fsp3) is 0.429. The van der Waals surface area contributed by atoms with Crippen molar-refractivity contribution in [3.63, 3.8) is 0 Å². The SMILES string of the molecule is COc1cc(P(C)C)ccc1NCC#Cc1nn2c(NC3CCCN(C4CC4)C3=O)cccc2c1SC(F)(F)F. The smallest absolute Gasteiger partial charge is 0.446 e. The first-order chi connectivity index (χ1) is 19.1. The van der Waals surface area contributed by atoms with E-state index in [-0.39, 0.29) is 48.2 Å². The molecule has 2 aromatic heterocycles. The van der Waals surface area contributed by atoms with Crippen molar-refractivity contribution in [1.82, 2.24) is 14.5 Å². The largest absolute Gasteiger partial charge is 0.495 e. The molecule has 12 heteroatoms. The van der Waals surface area contributed by atoms with Gasteiger partial charge in [0.1, 0.15) is 23.3 Å². The standard InChI is InChI=1S/C28H31F3N5O2PS/c1-38-24-17-19(39(2)3)13-14-20(24)32-15-5-7-21-26(40-28(29,30)31)23-9-4-10-25(36(23)34-21)33-22-8-6-16-35(27(22)37)18-11-12-18/h4,9-10,13-14,17-18,22,32-33H,6,8,11-12,15-16H2,1-3H3. The molecule has 5 rings (SSSR count). The molecule has 1 aromatic carbocycles. The normalized spacial score (nSPS) is 17.6. The van der Waals surface area contributed by atoms with E-state index in [1.807, 2.05) is 23.1 Å². The van der Waals surface area contributed by atoms with Crippen molar-refractivity contribution in [3.8, 4) is 17.6 Å². The summed E-state index contributed by atoms with van der Waals surface area (Å²) in [5.74, 6) is 6.91. The van der Waals surface area contributed by atoms with Crippen LogP contribution in [0.3, 0.4) is 0 Å². The zero-order chi connectivity index (χ0) is 28.4. The van der Waals surface area contributed by atoms with Crippen LogP contribution in [0.15, 0.2) is 41.3 Å². The molecule has 1 amide bonds. The van der Waals surface area contributed by atoms with Crippen LogP contribution in [0.25, 0.3) is 5.52 Å². The molecule has 212 valence electrons. The van der Waals surface area contributed by atoms with Crippen LogP contribution in [0.4, 0.5) is 24.7 Å². The minimum atomic E-state index is -4.52. The third-order valence-corrected chi connectivity index (χ3v) is 9.04. The molecular weight excluding hydrogens is 558 g/mol. The fourth-order valence-corrected chi connectivity index (χ4v) is 6.21. The number of hydrogen-bond donors (Lipinski definition) is 2. The Morgan fingerprint density at radius 1 is 1.20 bits per heavy atom. The maximum atomic E-state index is 13.5. The van der Waals surface area contributed by atoms with Crippen LogP contribution >= 0.6 is 19.7 Å². The number of thioether (sulfide) groups is 1. The van der Waals surface area contributed by atoms with Gasteiger partial charge in [-0.15, -0.1) is 0 Å². The number of alkyl halides is 3. The number of carbonyl (C=O) groups is 1. The topological polar surface area (TPSA) is 70.9 Å². The number of halogens is 3. The Hall–Kier alpha value is -3.09. The Labute approximate surface area is 237 Å². The summed E-state index contributed by atoms with van der Waals surface area (Å²) in [5.41, 5.74) is -3.46. The van der Waals surface area contributed by atoms with Gasteiger partial charge in [-0.2, -0.15) is 18.3 Å². The maximum Gasteiger partial charge on any atom is 0.446 e. The first-order valence-electron chi connectivity index (χ1n) is 13.1. The van der Waals surface area contributed by atoms with Crippen molar-refractivity contribution in [2.45, 2.75) is 48.2 Å². The van der Waals surface area contributed by atoms with Crippen molar-refractivity contribution in [3.05, 3.63) is 42.1 Å². The number of ether oxygens (including phenoxy) is 1. The van der Waals surface area contributed by atoms with Gasteiger partial charge in [0.25, 0.3) is 0 Å². The number of piperidine rings is 1. The number of amides is 1. The Bertz CT molecular complexity index is 1460. The molecule has 2 N–H and O–H groups in total. The molecule has 0 bridgehead atoms. The van der Waals surface area contributed by atoms with Gasteiger partial charge in [-0.25, -0.2) is 4.52 Å². The van der Waals surface area contributed by atoms with Crippen molar-refractivity contribution >= 4 is 47.9 Å². The van der Waals surface area contributed by atoms with Gasteiger partial charge in [-0.05, 0) is 86.3 Å². The van der Waals surface area contributed by atoms with E-state index >= 15 is 0 Å². The zero-order valence-electron chi connectivity index (χ0n) is 22.5. The summed E-state index contributed by atoms with van der Waals surface area (Å²) in [6, 6.07) is 10.8. The molecule has 1 aliphatic heterocycles. The number of carbonyl (C=O) groups excluding carboxylic acids is 1. The predicted octanol–water partition coefficient (Wildman–Crippen LogP) is 5.35. The lowest BCUT2D eigenvalue weighted by Gasteiger charge is -2.33. The van der Waals surface area contributed by atoms with Crippen LogP contribution in [0.5, 0.6) is 5.75 Å². The number of pyridine rings is 1. The van der Waals surface area contributed by atoms with Crippen molar-refractivity contribution in [2.75, 3.05) is 44.2 Å². The van der Waals surface area contributed by atoms with Gasteiger partial charge >= 0.3 is 5.51 Å². The monoisotopic (exact) mass is 589 g/mol. The Balaban J connectivity index is 1.40. The molecule has 1 atom stereocenters. The highest BCUT2D eigenvalue weighted by atomic mass is 32.2. The van der Waals surface area contributed by atoms with Gasteiger partial charge in [0.15, 0.2) is 0 Å². The Morgan fingerprint density at radius 2 is 2.00 bits per heavy atom. The van der Waals surface area contributed by atoms with Crippen LogP contribution in [0.1, 0.15) is 31.4 Å². The lowest BCUT2D eigenvalue weighted by Crippen LogP contribution is -2.48. The molecule has 7 nitrogen and oxygen atoms in total. The summed E-state index contributed by atoms with van der Waals surface area (Å²) in [5, 5.41) is 12.1. The highest BCUT2D eigenvalue weighted by Gasteiger charge is 2.38. The molecule has 3 aromatic rings. The Morgan fingerprint density at radius 3 is 2.70 bits per heavy atom. The molecule has 0 spiro atoms. The minimum absolute atomic E-state index is 0.0258. The fourth-order valence-electron chi connectivity index (χ4n) is 4.79. The number of rotatable bonds is 8. The first-order valence-corrected chi connectivity index (χ1v) is 16.1. The van der Waals surface area contributed by atoms with Gasteiger partial charge in [-0.3, -0.25) is 4.79 Å². The van der Waals surface area contributed by atoms with E-state index in [0.29, 0.717) is 24.0 Å². The lowest BCUT2D eigenvalue weighted by atomic mass is 10.0. The number of likely N-dealkylation sites (tertiary alicyclic amines) is 1. The van der Waals surface area contributed by atoms with Crippen LogP contribution in [-0.4, -0.2) is 71.5 Å². The quantitative estimate of drug-likeness (QED) is 0.210. The van der Waals surface area contributed by atoms with E-state index in [4.69, 9.17) is 4.74 Å². The van der Waals surface area contributed by atoms with E-state index < -0.39 is 11.6 Å². The maximum absolute atomic E-state index is 13.5. The predicted molar refractivity (Wildman–Crippen MR) is 155 cm³/mol. The summed E-state index contributed by atoms with van der Waals surface area (Å²) in [6.07, 6.45) is 3.59. The van der Waals surface area contributed by atoms with E-state index in [1.165, 1.54) is 9.82 Å². The summed E-state index contributed by atoms with van der Waals surface area (Å²) in [7, 11) is 1.31. The zero-order valence-corrected chi connectivity index (χ0v) is 24.2. The molecule has 1 unspecified atom stereocenters.